The van der Waals surface area contributed by atoms with Gasteiger partial charge in [0.25, 0.3) is 0 Å². The SMILES string of the molecule is Cc1cc(C(=O)O)nc2c1CCCN2. The zero-order valence-electron chi connectivity index (χ0n) is 8.00. The molecule has 0 saturated carbocycles. The maximum absolute atomic E-state index is 10.7. The van der Waals surface area contributed by atoms with Gasteiger partial charge >= 0.3 is 5.97 Å². The van der Waals surface area contributed by atoms with Crippen molar-refractivity contribution in [2.75, 3.05) is 11.9 Å². The zero-order chi connectivity index (χ0) is 10.1. The topological polar surface area (TPSA) is 62.2 Å². The molecule has 1 aromatic rings. The van der Waals surface area contributed by atoms with Crippen molar-refractivity contribution in [3.05, 3.63) is 22.9 Å². The molecule has 0 amide bonds. The molecular weight excluding hydrogens is 180 g/mol. The Morgan fingerprint density at radius 2 is 2.43 bits per heavy atom. The van der Waals surface area contributed by atoms with Gasteiger partial charge in [0.15, 0.2) is 5.69 Å². The molecule has 0 bridgehead atoms. The van der Waals surface area contributed by atoms with Crippen LogP contribution in [0.25, 0.3) is 0 Å². The molecule has 4 nitrogen and oxygen atoms in total. The van der Waals surface area contributed by atoms with E-state index in [4.69, 9.17) is 5.11 Å². The molecule has 2 N–H and O–H groups in total. The molecule has 0 aliphatic carbocycles. The molecule has 0 saturated heterocycles. The lowest BCUT2D eigenvalue weighted by Gasteiger charge is -2.19. The molecule has 74 valence electrons. The number of nitrogens with zero attached hydrogens (tertiary/aromatic N) is 1. The fourth-order valence-corrected chi connectivity index (χ4v) is 1.74. The van der Waals surface area contributed by atoms with E-state index < -0.39 is 5.97 Å². The fraction of sp³-hybridized carbons (Fsp3) is 0.400. The van der Waals surface area contributed by atoms with Gasteiger partial charge in [0, 0.05) is 6.54 Å². The predicted octanol–water partition coefficient (Wildman–Crippen LogP) is 1.45. The number of nitrogens with one attached hydrogen (secondary N) is 1. The van der Waals surface area contributed by atoms with Crippen molar-refractivity contribution in [1.82, 2.24) is 4.98 Å². The van der Waals surface area contributed by atoms with Gasteiger partial charge in [-0.15, -0.1) is 0 Å². The van der Waals surface area contributed by atoms with Crippen LogP contribution in [0.4, 0.5) is 5.82 Å². The summed E-state index contributed by atoms with van der Waals surface area (Å²) < 4.78 is 0. The van der Waals surface area contributed by atoms with E-state index in [0.29, 0.717) is 0 Å². The second kappa shape index (κ2) is 3.29. The van der Waals surface area contributed by atoms with Crippen molar-refractivity contribution in [1.29, 1.82) is 0 Å². The Morgan fingerprint density at radius 1 is 1.64 bits per heavy atom. The average molecular weight is 192 g/mol. The third-order valence-corrected chi connectivity index (χ3v) is 2.46. The van der Waals surface area contributed by atoms with Crippen molar-refractivity contribution in [2.45, 2.75) is 19.8 Å². The van der Waals surface area contributed by atoms with Crippen LogP contribution in [0.5, 0.6) is 0 Å². The summed E-state index contributed by atoms with van der Waals surface area (Å²) in [5.74, 6) is -0.225. The highest BCUT2D eigenvalue weighted by atomic mass is 16.4. The molecule has 1 aliphatic rings. The molecule has 0 atom stereocenters. The molecule has 2 heterocycles. The van der Waals surface area contributed by atoms with Crippen molar-refractivity contribution in [3.8, 4) is 0 Å². The van der Waals surface area contributed by atoms with Crippen LogP contribution in [0.15, 0.2) is 6.07 Å². The molecular formula is C10H12N2O2. The quantitative estimate of drug-likeness (QED) is 0.706. The summed E-state index contributed by atoms with van der Waals surface area (Å²) in [5, 5.41) is 11.9. The van der Waals surface area contributed by atoms with Crippen LogP contribution >= 0.6 is 0 Å². The van der Waals surface area contributed by atoms with Gasteiger partial charge in [-0.3, -0.25) is 0 Å². The Balaban J connectivity index is 2.51. The molecule has 4 heteroatoms. The minimum atomic E-state index is -0.969. The van der Waals surface area contributed by atoms with E-state index in [0.717, 1.165) is 36.3 Å². The standard InChI is InChI=1S/C10H12N2O2/c1-6-5-8(10(13)14)12-9-7(6)3-2-4-11-9/h5H,2-4H2,1H3,(H,11,12)(H,13,14). The number of rotatable bonds is 1. The van der Waals surface area contributed by atoms with Gasteiger partial charge in [-0.2, -0.15) is 0 Å². The third-order valence-electron chi connectivity index (χ3n) is 2.46. The fourth-order valence-electron chi connectivity index (χ4n) is 1.74. The van der Waals surface area contributed by atoms with E-state index in [1.54, 1.807) is 6.07 Å². The van der Waals surface area contributed by atoms with Gasteiger partial charge in [-0.05, 0) is 37.0 Å². The van der Waals surface area contributed by atoms with Gasteiger partial charge in [0.05, 0.1) is 0 Å². The van der Waals surface area contributed by atoms with E-state index in [2.05, 4.69) is 10.3 Å². The number of carbonyl (C=O) groups is 1. The van der Waals surface area contributed by atoms with Crippen molar-refractivity contribution >= 4 is 11.8 Å². The highest BCUT2D eigenvalue weighted by Gasteiger charge is 2.15. The Kier molecular flexibility index (Phi) is 2.11. The smallest absolute Gasteiger partial charge is 0.354 e. The summed E-state index contributed by atoms with van der Waals surface area (Å²) in [4.78, 5) is 14.8. The number of aryl methyl sites for hydroxylation is 1. The summed E-state index contributed by atoms with van der Waals surface area (Å²) in [6.45, 7) is 2.81. The minimum absolute atomic E-state index is 0.121. The average Bonchev–Trinajstić information content (AvgIpc) is 2.17. The lowest BCUT2D eigenvalue weighted by Crippen LogP contribution is -2.16. The van der Waals surface area contributed by atoms with Gasteiger partial charge < -0.3 is 10.4 Å². The molecule has 1 aliphatic heterocycles. The summed E-state index contributed by atoms with van der Waals surface area (Å²) in [5.41, 5.74) is 2.29. The Morgan fingerprint density at radius 3 is 3.14 bits per heavy atom. The van der Waals surface area contributed by atoms with E-state index in [9.17, 15) is 4.79 Å². The van der Waals surface area contributed by atoms with Crippen LogP contribution in [-0.4, -0.2) is 22.6 Å². The van der Waals surface area contributed by atoms with Crippen LogP contribution in [0.3, 0.4) is 0 Å². The third kappa shape index (κ3) is 1.43. The number of hydrogen-bond donors (Lipinski definition) is 2. The Bertz CT molecular complexity index is 388. The molecule has 0 fully saturated rings. The first-order valence-corrected chi connectivity index (χ1v) is 4.66. The summed E-state index contributed by atoms with van der Waals surface area (Å²) >= 11 is 0. The van der Waals surface area contributed by atoms with E-state index in [1.165, 1.54) is 0 Å². The zero-order valence-corrected chi connectivity index (χ0v) is 8.00. The molecule has 0 radical (unpaired) electrons. The lowest BCUT2D eigenvalue weighted by molar-refractivity contribution is 0.0690. The van der Waals surface area contributed by atoms with Gasteiger partial charge in [-0.1, -0.05) is 0 Å². The number of carboxylic acids is 1. The van der Waals surface area contributed by atoms with Crippen molar-refractivity contribution in [2.24, 2.45) is 0 Å². The van der Waals surface area contributed by atoms with Crippen LogP contribution in [0.1, 0.15) is 28.0 Å². The molecule has 1 aromatic heterocycles. The second-order valence-electron chi connectivity index (χ2n) is 3.49. The van der Waals surface area contributed by atoms with Crippen molar-refractivity contribution < 1.29 is 9.90 Å². The molecule has 0 aromatic carbocycles. The Hall–Kier alpha value is -1.58. The summed E-state index contributed by atoms with van der Waals surface area (Å²) in [7, 11) is 0. The number of pyridine rings is 1. The molecule has 14 heavy (non-hydrogen) atoms. The highest BCUT2D eigenvalue weighted by Crippen LogP contribution is 2.23. The number of carboxylic acid groups (broad SMARTS) is 1. The van der Waals surface area contributed by atoms with Crippen LogP contribution in [-0.2, 0) is 6.42 Å². The van der Waals surface area contributed by atoms with Gasteiger partial charge in [0.1, 0.15) is 5.82 Å². The van der Waals surface area contributed by atoms with Gasteiger partial charge in [-0.25, -0.2) is 9.78 Å². The van der Waals surface area contributed by atoms with E-state index >= 15 is 0 Å². The first-order chi connectivity index (χ1) is 6.68. The number of hydrogen-bond acceptors (Lipinski definition) is 3. The molecule has 2 rings (SSSR count). The molecule has 0 unspecified atom stereocenters. The van der Waals surface area contributed by atoms with Crippen LogP contribution in [0.2, 0.25) is 0 Å². The number of fused-ring (bicyclic) bond motifs is 1. The number of aromatic nitrogens is 1. The maximum Gasteiger partial charge on any atom is 0.354 e. The van der Waals surface area contributed by atoms with E-state index in [1.807, 2.05) is 6.92 Å². The summed E-state index contributed by atoms with van der Waals surface area (Å²) in [6, 6.07) is 1.63. The monoisotopic (exact) mass is 192 g/mol. The minimum Gasteiger partial charge on any atom is -0.477 e. The predicted molar refractivity (Wildman–Crippen MR) is 52.7 cm³/mol. The largest absolute Gasteiger partial charge is 0.477 e. The lowest BCUT2D eigenvalue weighted by atomic mass is 10.0. The normalized spacial score (nSPS) is 14.4. The highest BCUT2D eigenvalue weighted by molar-refractivity contribution is 5.86. The van der Waals surface area contributed by atoms with Gasteiger partial charge in [0.2, 0.25) is 0 Å². The first-order valence-electron chi connectivity index (χ1n) is 4.66. The Labute approximate surface area is 82.0 Å². The van der Waals surface area contributed by atoms with Crippen molar-refractivity contribution in [3.63, 3.8) is 0 Å². The number of aromatic carboxylic acids is 1. The second-order valence-corrected chi connectivity index (χ2v) is 3.49. The molecule has 0 spiro atoms. The summed E-state index contributed by atoms with van der Waals surface area (Å²) in [6.07, 6.45) is 2.07. The first kappa shape index (κ1) is 8.99. The van der Waals surface area contributed by atoms with E-state index in [-0.39, 0.29) is 5.69 Å². The van der Waals surface area contributed by atoms with Crippen LogP contribution < -0.4 is 5.32 Å². The van der Waals surface area contributed by atoms with Crippen LogP contribution in [0, 0.1) is 6.92 Å². The maximum atomic E-state index is 10.7. The number of anilines is 1.